The molecule has 8 heteroatoms. The van der Waals surface area contributed by atoms with E-state index in [0.29, 0.717) is 43.5 Å². The van der Waals surface area contributed by atoms with E-state index in [0.717, 1.165) is 0 Å². The molecular formula is C17H20F2N4O2. The predicted octanol–water partition coefficient (Wildman–Crippen LogP) is 1.44. The molecule has 0 aliphatic carbocycles. The van der Waals surface area contributed by atoms with Gasteiger partial charge >= 0.3 is 0 Å². The topological polar surface area (TPSA) is 58.4 Å². The Kier molecular flexibility index (Phi) is 5.08. The molecule has 0 spiro atoms. The van der Waals surface area contributed by atoms with Crippen LogP contribution in [0.1, 0.15) is 17.4 Å². The first-order valence-corrected chi connectivity index (χ1v) is 8.31. The Morgan fingerprint density at radius 3 is 2.40 bits per heavy atom. The van der Waals surface area contributed by atoms with Gasteiger partial charge in [0, 0.05) is 38.1 Å². The fourth-order valence-electron chi connectivity index (χ4n) is 3.09. The Balaban J connectivity index is 1.88. The molecule has 6 nitrogen and oxygen atoms in total. The van der Waals surface area contributed by atoms with Gasteiger partial charge in [-0.2, -0.15) is 5.10 Å². The maximum absolute atomic E-state index is 12.9. The lowest BCUT2D eigenvalue weighted by molar-refractivity contribution is 0.0455. The minimum Gasteiger partial charge on any atom is -0.335 e. The Hall–Kier alpha value is -2.35. The van der Waals surface area contributed by atoms with Crippen molar-refractivity contribution in [3.63, 3.8) is 0 Å². The molecule has 0 atom stereocenters. The summed E-state index contributed by atoms with van der Waals surface area (Å²) in [6, 6.07) is 6.91. The standard InChI is InChI=1S/C17H20F2N4O2/c1-2-23-16(24)13-6-4-3-5-12(13)15(20-23)17(25)22-9-7-21(8-10-22)11-14(18)19/h3-6,14H,2,7-11H2,1H3. The maximum atomic E-state index is 12.9. The molecule has 0 N–H and O–H groups in total. The minimum atomic E-state index is -2.37. The van der Waals surface area contributed by atoms with Gasteiger partial charge in [-0.25, -0.2) is 13.5 Å². The Labute approximate surface area is 143 Å². The molecule has 1 amide bonds. The number of alkyl halides is 2. The summed E-state index contributed by atoms with van der Waals surface area (Å²) >= 11 is 0. The van der Waals surface area contributed by atoms with Gasteiger partial charge in [0.25, 0.3) is 17.9 Å². The quantitative estimate of drug-likeness (QED) is 0.837. The molecular weight excluding hydrogens is 330 g/mol. The first-order chi connectivity index (χ1) is 12.0. The van der Waals surface area contributed by atoms with Crippen LogP contribution in [0.25, 0.3) is 10.8 Å². The van der Waals surface area contributed by atoms with Gasteiger partial charge in [0.2, 0.25) is 0 Å². The smallest absolute Gasteiger partial charge is 0.275 e. The zero-order valence-electron chi connectivity index (χ0n) is 14.0. The second-order valence-electron chi connectivity index (χ2n) is 6.00. The third-order valence-corrected chi connectivity index (χ3v) is 4.43. The van der Waals surface area contributed by atoms with E-state index in [4.69, 9.17) is 0 Å². The van der Waals surface area contributed by atoms with Crippen molar-refractivity contribution in [3.8, 4) is 0 Å². The molecule has 0 unspecified atom stereocenters. The van der Waals surface area contributed by atoms with E-state index in [1.165, 1.54) is 4.68 Å². The van der Waals surface area contributed by atoms with Gasteiger partial charge < -0.3 is 4.90 Å². The molecule has 0 saturated carbocycles. The van der Waals surface area contributed by atoms with Gasteiger partial charge in [0.05, 0.1) is 11.9 Å². The average Bonchev–Trinajstić information content (AvgIpc) is 2.62. The fourth-order valence-corrected chi connectivity index (χ4v) is 3.09. The molecule has 1 aromatic heterocycles. The summed E-state index contributed by atoms with van der Waals surface area (Å²) in [6.45, 7) is 3.43. The van der Waals surface area contributed by atoms with Crippen LogP contribution in [0, 0.1) is 0 Å². The number of carbonyl (C=O) groups is 1. The molecule has 0 bridgehead atoms. The number of rotatable bonds is 4. The zero-order chi connectivity index (χ0) is 18.0. The molecule has 1 aromatic carbocycles. The zero-order valence-corrected chi connectivity index (χ0v) is 14.0. The predicted molar refractivity (Wildman–Crippen MR) is 90.0 cm³/mol. The summed E-state index contributed by atoms with van der Waals surface area (Å²) in [5, 5.41) is 5.22. The van der Waals surface area contributed by atoms with Crippen LogP contribution in [0.5, 0.6) is 0 Å². The number of aryl methyl sites for hydroxylation is 1. The van der Waals surface area contributed by atoms with Gasteiger partial charge in [-0.05, 0) is 13.0 Å². The lowest BCUT2D eigenvalue weighted by Gasteiger charge is -2.34. The first kappa shape index (κ1) is 17.5. The van der Waals surface area contributed by atoms with Crippen molar-refractivity contribution >= 4 is 16.7 Å². The van der Waals surface area contributed by atoms with Crippen LogP contribution in [0.4, 0.5) is 8.78 Å². The van der Waals surface area contributed by atoms with Gasteiger partial charge in [-0.1, -0.05) is 18.2 Å². The van der Waals surface area contributed by atoms with Crippen molar-refractivity contribution < 1.29 is 13.6 Å². The molecule has 3 rings (SSSR count). The highest BCUT2D eigenvalue weighted by Gasteiger charge is 2.26. The number of amides is 1. The molecule has 1 aliphatic rings. The number of benzene rings is 1. The van der Waals surface area contributed by atoms with Crippen molar-refractivity contribution in [1.29, 1.82) is 0 Å². The van der Waals surface area contributed by atoms with Crippen molar-refractivity contribution in [3.05, 3.63) is 40.3 Å². The van der Waals surface area contributed by atoms with Gasteiger partial charge in [-0.15, -0.1) is 0 Å². The van der Waals surface area contributed by atoms with E-state index in [1.807, 2.05) is 0 Å². The summed E-state index contributed by atoms with van der Waals surface area (Å²) in [7, 11) is 0. The number of aromatic nitrogens is 2. The Morgan fingerprint density at radius 2 is 1.80 bits per heavy atom. The number of fused-ring (bicyclic) bond motifs is 1. The van der Waals surface area contributed by atoms with Crippen LogP contribution in [0.3, 0.4) is 0 Å². The summed E-state index contributed by atoms with van der Waals surface area (Å²) in [4.78, 5) is 28.5. The molecule has 134 valence electrons. The number of piperazine rings is 1. The van der Waals surface area contributed by atoms with Crippen LogP contribution < -0.4 is 5.56 Å². The molecule has 2 aromatic rings. The number of nitrogens with zero attached hydrogens (tertiary/aromatic N) is 4. The van der Waals surface area contributed by atoms with E-state index < -0.39 is 6.43 Å². The summed E-state index contributed by atoms with van der Waals surface area (Å²) in [5.74, 6) is -0.268. The molecule has 25 heavy (non-hydrogen) atoms. The summed E-state index contributed by atoms with van der Waals surface area (Å²) < 4.78 is 26.2. The number of halogens is 2. The van der Waals surface area contributed by atoms with Gasteiger partial charge in [0.15, 0.2) is 5.69 Å². The van der Waals surface area contributed by atoms with Gasteiger partial charge in [0.1, 0.15) is 0 Å². The Bertz CT molecular complexity index is 829. The molecule has 2 heterocycles. The highest BCUT2D eigenvalue weighted by atomic mass is 19.3. The summed E-state index contributed by atoms with van der Waals surface area (Å²) in [6.07, 6.45) is -2.37. The normalized spacial score (nSPS) is 15.9. The molecule has 1 saturated heterocycles. The highest BCUT2D eigenvalue weighted by molar-refractivity contribution is 6.04. The molecule has 0 radical (unpaired) electrons. The number of carbonyl (C=O) groups excluding carboxylic acids is 1. The van der Waals surface area contributed by atoms with E-state index in [1.54, 1.807) is 41.0 Å². The van der Waals surface area contributed by atoms with Crippen molar-refractivity contribution in [2.45, 2.75) is 19.9 Å². The Morgan fingerprint density at radius 1 is 1.16 bits per heavy atom. The second kappa shape index (κ2) is 7.26. The van der Waals surface area contributed by atoms with Crippen LogP contribution >= 0.6 is 0 Å². The maximum Gasteiger partial charge on any atom is 0.275 e. The van der Waals surface area contributed by atoms with E-state index in [-0.39, 0.29) is 23.7 Å². The van der Waals surface area contributed by atoms with Crippen molar-refractivity contribution in [1.82, 2.24) is 19.6 Å². The minimum absolute atomic E-state index is 0.226. The third kappa shape index (κ3) is 3.53. The average molecular weight is 350 g/mol. The number of hydrogen-bond donors (Lipinski definition) is 0. The number of hydrogen-bond acceptors (Lipinski definition) is 4. The third-order valence-electron chi connectivity index (χ3n) is 4.43. The van der Waals surface area contributed by atoms with Crippen LogP contribution in [0.2, 0.25) is 0 Å². The van der Waals surface area contributed by atoms with Crippen LogP contribution in [0.15, 0.2) is 29.1 Å². The van der Waals surface area contributed by atoms with Crippen LogP contribution in [-0.2, 0) is 6.54 Å². The van der Waals surface area contributed by atoms with Gasteiger partial charge in [-0.3, -0.25) is 14.5 Å². The second-order valence-corrected chi connectivity index (χ2v) is 6.00. The molecule has 1 aliphatic heterocycles. The fraction of sp³-hybridized carbons (Fsp3) is 0.471. The highest BCUT2D eigenvalue weighted by Crippen LogP contribution is 2.16. The lowest BCUT2D eigenvalue weighted by atomic mass is 10.1. The first-order valence-electron chi connectivity index (χ1n) is 8.31. The summed E-state index contributed by atoms with van der Waals surface area (Å²) in [5.41, 5.74) is 0.00997. The largest absolute Gasteiger partial charge is 0.335 e. The van der Waals surface area contributed by atoms with E-state index in [9.17, 15) is 18.4 Å². The molecule has 1 fully saturated rings. The van der Waals surface area contributed by atoms with E-state index >= 15 is 0 Å². The van der Waals surface area contributed by atoms with Crippen molar-refractivity contribution in [2.24, 2.45) is 0 Å². The van der Waals surface area contributed by atoms with E-state index in [2.05, 4.69) is 5.10 Å². The van der Waals surface area contributed by atoms with Crippen molar-refractivity contribution in [2.75, 3.05) is 32.7 Å². The lowest BCUT2D eigenvalue weighted by Crippen LogP contribution is -2.50. The van der Waals surface area contributed by atoms with Crippen LogP contribution in [-0.4, -0.2) is 64.6 Å². The monoisotopic (exact) mass is 350 g/mol. The SMILES string of the molecule is CCn1nc(C(=O)N2CCN(CC(F)F)CC2)c2ccccc2c1=O.